The summed E-state index contributed by atoms with van der Waals surface area (Å²) >= 11 is 0. The van der Waals surface area contributed by atoms with E-state index in [1.54, 1.807) is 12.4 Å². The maximum absolute atomic E-state index is 12.7. The molecule has 4 aromatic rings. The molecule has 0 saturated heterocycles. The van der Waals surface area contributed by atoms with Crippen LogP contribution in [-0.2, 0) is 6.54 Å². The van der Waals surface area contributed by atoms with E-state index in [-0.39, 0.29) is 18.8 Å². The predicted octanol–water partition coefficient (Wildman–Crippen LogP) is 1.85. The van der Waals surface area contributed by atoms with Crippen molar-refractivity contribution in [2.75, 3.05) is 6.54 Å². The third-order valence-electron chi connectivity index (χ3n) is 4.12. The van der Waals surface area contributed by atoms with Crippen molar-refractivity contribution in [2.24, 2.45) is 5.73 Å². The first-order chi connectivity index (χ1) is 12.2. The van der Waals surface area contributed by atoms with Gasteiger partial charge in [0.05, 0.1) is 12.9 Å². The number of halogens is 1. The van der Waals surface area contributed by atoms with Crippen LogP contribution in [0.5, 0.6) is 0 Å². The molecule has 4 heterocycles. The fraction of sp³-hybridized carbons (Fsp3) is 0.118. The number of aromatic nitrogens is 5. The lowest BCUT2D eigenvalue weighted by Gasteiger charge is -1.99. The zero-order valence-electron chi connectivity index (χ0n) is 13.2. The van der Waals surface area contributed by atoms with Gasteiger partial charge in [-0.15, -0.1) is 5.10 Å². The van der Waals surface area contributed by atoms with E-state index in [4.69, 9.17) is 5.73 Å². The molecule has 8 heteroatoms. The van der Waals surface area contributed by atoms with Gasteiger partial charge in [0, 0.05) is 36.1 Å². The smallest absolute Gasteiger partial charge is 0.346 e. The minimum Gasteiger partial charge on any atom is -0.346 e. The molecule has 0 spiro atoms. The van der Waals surface area contributed by atoms with E-state index < -0.39 is 0 Å². The molecular weight excluding hydrogens is 323 g/mol. The van der Waals surface area contributed by atoms with Crippen LogP contribution < -0.4 is 11.4 Å². The second-order valence-corrected chi connectivity index (χ2v) is 5.66. The lowest BCUT2D eigenvalue weighted by atomic mass is 10.1. The zero-order valence-corrected chi connectivity index (χ0v) is 13.2. The van der Waals surface area contributed by atoms with Crippen LogP contribution >= 0.6 is 0 Å². The number of fused-ring (bicyclic) bond motifs is 2. The van der Waals surface area contributed by atoms with Gasteiger partial charge in [-0.25, -0.2) is 18.9 Å². The average Bonchev–Trinajstić information content (AvgIpc) is 3.21. The van der Waals surface area contributed by atoms with E-state index in [0.717, 1.165) is 22.2 Å². The average molecular weight is 338 g/mol. The molecular formula is C17H15FN6O. The van der Waals surface area contributed by atoms with E-state index in [9.17, 15) is 9.18 Å². The highest BCUT2D eigenvalue weighted by atomic mass is 19.1. The summed E-state index contributed by atoms with van der Waals surface area (Å²) in [7, 11) is 0. The number of hydrogen-bond donors (Lipinski definition) is 2. The molecule has 0 unspecified atom stereocenters. The van der Waals surface area contributed by atoms with Crippen molar-refractivity contribution < 1.29 is 4.39 Å². The predicted molar refractivity (Wildman–Crippen MR) is 92.8 cm³/mol. The first kappa shape index (κ1) is 15.3. The molecule has 0 atom stereocenters. The van der Waals surface area contributed by atoms with Crippen molar-refractivity contribution in [3.63, 3.8) is 0 Å². The Morgan fingerprint density at radius 2 is 2.28 bits per heavy atom. The van der Waals surface area contributed by atoms with E-state index in [2.05, 4.69) is 15.1 Å². The fourth-order valence-electron chi connectivity index (χ4n) is 2.82. The van der Waals surface area contributed by atoms with E-state index in [1.807, 2.05) is 30.5 Å². The van der Waals surface area contributed by atoms with Crippen LogP contribution in [0.25, 0.3) is 27.8 Å². The minimum absolute atomic E-state index is 0.0276. The third-order valence-corrected chi connectivity index (χ3v) is 4.12. The normalized spacial score (nSPS) is 12.3. The Bertz CT molecular complexity index is 1150. The van der Waals surface area contributed by atoms with Crippen LogP contribution in [0.3, 0.4) is 0 Å². The first-order valence-electron chi connectivity index (χ1n) is 7.71. The summed E-state index contributed by atoms with van der Waals surface area (Å²) < 4.78 is 15.3. The Kier molecular flexibility index (Phi) is 3.66. The summed E-state index contributed by atoms with van der Waals surface area (Å²) in [5.41, 5.74) is 8.56. The number of nitrogens with zero attached hydrogens (tertiary/aromatic N) is 4. The molecule has 0 aliphatic carbocycles. The number of nitrogens with one attached hydrogen (secondary N) is 1. The molecule has 4 aromatic heterocycles. The summed E-state index contributed by atoms with van der Waals surface area (Å²) in [6, 6.07) is 7.50. The van der Waals surface area contributed by atoms with Crippen molar-refractivity contribution in [1.29, 1.82) is 0 Å². The van der Waals surface area contributed by atoms with Gasteiger partial charge in [-0.1, -0.05) is 0 Å². The minimum atomic E-state index is -0.338. The molecule has 0 aliphatic heterocycles. The summed E-state index contributed by atoms with van der Waals surface area (Å²) in [6.07, 6.45) is 5.67. The van der Waals surface area contributed by atoms with Crippen molar-refractivity contribution in [3.8, 4) is 11.1 Å². The molecule has 0 bridgehead atoms. The van der Waals surface area contributed by atoms with Crippen LogP contribution in [0, 0.1) is 0 Å². The van der Waals surface area contributed by atoms with E-state index >= 15 is 0 Å². The topological polar surface area (TPSA) is 94.0 Å². The van der Waals surface area contributed by atoms with Gasteiger partial charge in [0.2, 0.25) is 0 Å². The lowest BCUT2D eigenvalue weighted by molar-refractivity contribution is 0.616. The standard InChI is InChI=1S/C17H15FN6O/c18-7-11(8-19)10-24-17(25)23-5-3-12(6-15(23)22-24)14-9-21-16-13(14)2-1-4-20-16/h1-7,9H,8,10,19H2,(H,20,21)/b11-7+. The zero-order chi connectivity index (χ0) is 17.4. The molecule has 25 heavy (non-hydrogen) atoms. The highest BCUT2D eigenvalue weighted by Crippen LogP contribution is 2.27. The van der Waals surface area contributed by atoms with E-state index in [0.29, 0.717) is 17.6 Å². The monoisotopic (exact) mass is 338 g/mol. The van der Waals surface area contributed by atoms with Crippen molar-refractivity contribution in [3.05, 3.63) is 65.2 Å². The molecule has 7 nitrogen and oxygen atoms in total. The maximum Gasteiger partial charge on any atom is 0.350 e. The Hall–Kier alpha value is -3.26. The summed E-state index contributed by atoms with van der Waals surface area (Å²) in [6.45, 7) is 0.0598. The second-order valence-electron chi connectivity index (χ2n) is 5.66. The Balaban J connectivity index is 1.82. The lowest BCUT2D eigenvalue weighted by Crippen LogP contribution is -2.23. The van der Waals surface area contributed by atoms with Gasteiger partial charge in [-0.3, -0.25) is 4.40 Å². The quantitative estimate of drug-likeness (QED) is 0.594. The van der Waals surface area contributed by atoms with Crippen LogP contribution in [0.15, 0.2) is 59.6 Å². The third kappa shape index (κ3) is 2.52. The van der Waals surface area contributed by atoms with Gasteiger partial charge < -0.3 is 10.7 Å². The summed E-state index contributed by atoms with van der Waals surface area (Å²) in [5.74, 6) is 0. The molecule has 0 radical (unpaired) electrons. The van der Waals surface area contributed by atoms with Gasteiger partial charge in [-0.2, -0.15) is 0 Å². The molecule has 0 aromatic carbocycles. The Morgan fingerprint density at radius 3 is 3.08 bits per heavy atom. The van der Waals surface area contributed by atoms with Crippen LogP contribution in [0.2, 0.25) is 0 Å². The number of pyridine rings is 2. The molecule has 0 fully saturated rings. The molecule has 126 valence electrons. The second kappa shape index (κ2) is 5.99. The van der Waals surface area contributed by atoms with Crippen LogP contribution in [-0.4, -0.2) is 30.7 Å². The van der Waals surface area contributed by atoms with Gasteiger partial charge in [0.15, 0.2) is 5.65 Å². The van der Waals surface area contributed by atoms with Crippen molar-refractivity contribution in [2.45, 2.75) is 6.54 Å². The molecule has 0 aliphatic rings. The van der Waals surface area contributed by atoms with Crippen molar-refractivity contribution in [1.82, 2.24) is 24.1 Å². The molecule has 3 N–H and O–H groups in total. The molecule has 0 saturated carbocycles. The van der Waals surface area contributed by atoms with Crippen LogP contribution in [0.4, 0.5) is 4.39 Å². The van der Waals surface area contributed by atoms with Gasteiger partial charge in [0.1, 0.15) is 5.65 Å². The highest BCUT2D eigenvalue weighted by Gasteiger charge is 2.12. The number of aromatic amines is 1. The first-order valence-corrected chi connectivity index (χ1v) is 7.71. The largest absolute Gasteiger partial charge is 0.350 e. The number of nitrogens with two attached hydrogens (primary N) is 1. The maximum atomic E-state index is 12.7. The molecule has 0 amide bonds. The Morgan fingerprint density at radius 1 is 1.40 bits per heavy atom. The number of hydrogen-bond acceptors (Lipinski definition) is 4. The van der Waals surface area contributed by atoms with Gasteiger partial charge in [-0.05, 0) is 35.4 Å². The van der Waals surface area contributed by atoms with Gasteiger partial charge in [0.25, 0.3) is 0 Å². The fourth-order valence-corrected chi connectivity index (χ4v) is 2.82. The SMILES string of the molecule is NC/C(=C\F)Cn1nc2cc(-c3c[nH]c4ncccc34)ccn2c1=O. The van der Waals surface area contributed by atoms with Crippen molar-refractivity contribution >= 4 is 16.7 Å². The van der Waals surface area contributed by atoms with E-state index in [1.165, 1.54) is 9.08 Å². The number of rotatable bonds is 4. The van der Waals surface area contributed by atoms with Crippen LogP contribution in [0.1, 0.15) is 0 Å². The summed E-state index contributed by atoms with van der Waals surface area (Å²) in [5, 5.41) is 5.26. The van der Waals surface area contributed by atoms with Gasteiger partial charge >= 0.3 is 5.69 Å². The molecule has 4 rings (SSSR count). The summed E-state index contributed by atoms with van der Waals surface area (Å²) in [4.78, 5) is 19.8. The Labute approximate surface area is 141 Å². The highest BCUT2D eigenvalue weighted by molar-refractivity contribution is 5.93. The number of H-pyrrole nitrogens is 1.